The summed E-state index contributed by atoms with van der Waals surface area (Å²) in [5.74, 6) is 1.23. The van der Waals surface area contributed by atoms with E-state index < -0.39 is 0 Å². The van der Waals surface area contributed by atoms with Gasteiger partial charge in [-0.25, -0.2) is 0 Å². The average Bonchev–Trinajstić information content (AvgIpc) is 3.20. The lowest BCUT2D eigenvalue weighted by Gasteiger charge is -2.05. The molecular weight excluding hydrogens is 330 g/mol. The molecule has 0 aliphatic heterocycles. The third-order valence-electron chi connectivity index (χ3n) is 3.64. The van der Waals surface area contributed by atoms with Gasteiger partial charge >= 0.3 is 0 Å². The van der Waals surface area contributed by atoms with Crippen molar-refractivity contribution in [2.75, 3.05) is 0 Å². The van der Waals surface area contributed by atoms with Gasteiger partial charge in [0.25, 0.3) is 5.89 Å². The first-order chi connectivity index (χ1) is 12.8. The van der Waals surface area contributed by atoms with Gasteiger partial charge in [0.2, 0.25) is 11.7 Å². The smallest absolute Gasteiger partial charge is 0.289 e. The van der Waals surface area contributed by atoms with Crippen LogP contribution in [-0.4, -0.2) is 21.0 Å². The first-order valence-electron chi connectivity index (χ1n) is 7.91. The van der Waals surface area contributed by atoms with Crippen LogP contribution in [0.4, 0.5) is 0 Å². The van der Waals surface area contributed by atoms with Crippen molar-refractivity contribution < 1.29 is 13.9 Å². The number of para-hydroxylation sites is 1. The van der Waals surface area contributed by atoms with Crippen LogP contribution >= 0.6 is 0 Å². The van der Waals surface area contributed by atoms with Gasteiger partial charge < -0.3 is 9.15 Å². The van der Waals surface area contributed by atoms with Crippen molar-refractivity contribution in [1.82, 2.24) is 15.2 Å². The number of carbonyl (C=O) groups excluding carboxylic acids is 1. The highest BCUT2D eigenvalue weighted by molar-refractivity contribution is 6.05. The molecule has 0 unspecified atom stereocenters. The number of nitrogens with zero attached hydrogens (tertiary/aromatic N) is 3. The number of carbonyl (C=O) groups is 1. The highest BCUT2D eigenvalue weighted by Gasteiger charge is 2.18. The van der Waals surface area contributed by atoms with E-state index in [1.807, 2.05) is 30.3 Å². The molecule has 126 valence electrons. The fourth-order valence-electron chi connectivity index (χ4n) is 2.35. The maximum absolute atomic E-state index is 12.5. The minimum Gasteiger partial charge on any atom is -0.457 e. The van der Waals surface area contributed by atoms with Crippen molar-refractivity contribution in [3.8, 4) is 23.0 Å². The Morgan fingerprint density at radius 2 is 1.50 bits per heavy atom. The number of ether oxygens (including phenoxy) is 1. The van der Waals surface area contributed by atoms with Crippen LogP contribution in [0.5, 0.6) is 11.5 Å². The van der Waals surface area contributed by atoms with Crippen LogP contribution in [0.1, 0.15) is 16.2 Å². The molecule has 0 atom stereocenters. The molecule has 26 heavy (non-hydrogen) atoms. The SMILES string of the molecule is O=C(c1ccc(Oc2ccccc2)cc1)c1nnc(-c2ccncc2)o1. The van der Waals surface area contributed by atoms with Crippen molar-refractivity contribution in [2.45, 2.75) is 0 Å². The summed E-state index contributed by atoms with van der Waals surface area (Å²) < 4.78 is 11.2. The molecule has 0 bridgehead atoms. The van der Waals surface area contributed by atoms with Gasteiger partial charge in [-0.2, -0.15) is 0 Å². The molecule has 4 rings (SSSR count). The first kappa shape index (κ1) is 15.7. The first-order valence-corrected chi connectivity index (χ1v) is 7.91. The van der Waals surface area contributed by atoms with Gasteiger partial charge in [-0.15, -0.1) is 10.2 Å². The zero-order chi connectivity index (χ0) is 17.8. The lowest BCUT2D eigenvalue weighted by Crippen LogP contribution is -2.01. The maximum Gasteiger partial charge on any atom is 0.289 e. The lowest BCUT2D eigenvalue weighted by molar-refractivity contribution is 0.100. The average molecular weight is 343 g/mol. The normalized spacial score (nSPS) is 10.5. The van der Waals surface area contributed by atoms with Crippen LogP contribution in [0.2, 0.25) is 0 Å². The minimum absolute atomic E-state index is 0.0615. The van der Waals surface area contributed by atoms with Gasteiger partial charge in [0.1, 0.15) is 11.5 Å². The van der Waals surface area contributed by atoms with E-state index in [2.05, 4.69) is 15.2 Å². The number of benzene rings is 2. The van der Waals surface area contributed by atoms with Crippen LogP contribution in [-0.2, 0) is 0 Å². The van der Waals surface area contributed by atoms with Gasteiger partial charge in [0, 0.05) is 23.5 Å². The highest BCUT2D eigenvalue weighted by Crippen LogP contribution is 2.23. The van der Waals surface area contributed by atoms with Gasteiger partial charge in [0.05, 0.1) is 0 Å². The molecule has 0 amide bonds. The molecule has 0 aliphatic rings. The quantitative estimate of drug-likeness (QED) is 0.506. The van der Waals surface area contributed by atoms with Crippen molar-refractivity contribution in [3.63, 3.8) is 0 Å². The van der Waals surface area contributed by atoms with Crippen LogP contribution in [0, 0.1) is 0 Å². The molecule has 0 aliphatic carbocycles. The predicted molar refractivity (Wildman–Crippen MR) is 93.9 cm³/mol. The zero-order valence-corrected chi connectivity index (χ0v) is 13.6. The van der Waals surface area contributed by atoms with Crippen LogP contribution in [0.3, 0.4) is 0 Å². The summed E-state index contributed by atoms with van der Waals surface area (Å²) in [7, 11) is 0. The van der Waals surface area contributed by atoms with Crippen LogP contribution in [0.25, 0.3) is 11.5 Å². The summed E-state index contributed by atoms with van der Waals surface area (Å²) in [6, 6.07) is 19.7. The van der Waals surface area contributed by atoms with Gasteiger partial charge in [-0.1, -0.05) is 18.2 Å². The molecule has 0 fully saturated rings. The predicted octanol–water partition coefficient (Wildman–Crippen LogP) is 4.15. The Kier molecular flexibility index (Phi) is 4.22. The third-order valence-corrected chi connectivity index (χ3v) is 3.64. The number of hydrogen-bond acceptors (Lipinski definition) is 6. The summed E-state index contributed by atoms with van der Waals surface area (Å²) in [5, 5.41) is 7.76. The largest absolute Gasteiger partial charge is 0.457 e. The van der Waals surface area contributed by atoms with Crippen LogP contribution < -0.4 is 4.74 Å². The fourth-order valence-corrected chi connectivity index (χ4v) is 2.35. The molecule has 6 nitrogen and oxygen atoms in total. The monoisotopic (exact) mass is 343 g/mol. The number of rotatable bonds is 5. The van der Waals surface area contributed by atoms with E-state index in [-0.39, 0.29) is 17.6 Å². The fraction of sp³-hybridized carbons (Fsp3) is 0. The molecule has 2 aromatic heterocycles. The molecular formula is C20H13N3O3. The zero-order valence-electron chi connectivity index (χ0n) is 13.6. The number of aromatic nitrogens is 3. The van der Waals surface area contributed by atoms with Gasteiger partial charge in [0.15, 0.2) is 0 Å². The Balaban J connectivity index is 1.51. The third kappa shape index (κ3) is 3.34. The molecule has 0 saturated heterocycles. The van der Waals surface area contributed by atoms with Crippen molar-refractivity contribution in [3.05, 3.63) is 90.6 Å². The Morgan fingerprint density at radius 1 is 0.808 bits per heavy atom. The van der Waals surface area contributed by atoms with Gasteiger partial charge in [-0.3, -0.25) is 9.78 Å². The Bertz CT molecular complexity index is 1010. The molecule has 2 heterocycles. The summed E-state index contributed by atoms with van der Waals surface area (Å²) in [4.78, 5) is 16.4. The van der Waals surface area contributed by atoms with E-state index in [4.69, 9.17) is 9.15 Å². The van der Waals surface area contributed by atoms with E-state index in [0.29, 0.717) is 16.9 Å². The van der Waals surface area contributed by atoms with E-state index in [1.54, 1.807) is 48.8 Å². The van der Waals surface area contributed by atoms with Crippen molar-refractivity contribution in [2.24, 2.45) is 0 Å². The second-order valence-electron chi connectivity index (χ2n) is 5.42. The molecule has 0 N–H and O–H groups in total. The molecule has 6 heteroatoms. The minimum atomic E-state index is -0.343. The second-order valence-corrected chi connectivity index (χ2v) is 5.42. The van der Waals surface area contributed by atoms with Gasteiger partial charge in [-0.05, 0) is 48.5 Å². The van der Waals surface area contributed by atoms with Crippen molar-refractivity contribution in [1.29, 1.82) is 0 Å². The second kappa shape index (κ2) is 6.98. The molecule has 0 saturated carbocycles. The van der Waals surface area contributed by atoms with Crippen LogP contribution in [0.15, 0.2) is 83.5 Å². The number of hydrogen-bond donors (Lipinski definition) is 0. The van der Waals surface area contributed by atoms with E-state index in [1.165, 1.54) is 0 Å². The highest BCUT2D eigenvalue weighted by atomic mass is 16.5. The molecule has 0 radical (unpaired) electrons. The molecule has 0 spiro atoms. The van der Waals surface area contributed by atoms with E-state index >= 15 is 0 Å². The number of pyridine rings is 1. The summed E-state index contributed by atoms with van der Waals surface area (Å²) in [6.07, 6.45) is 3.24. The standard InChI is InChI=1S/C20H13N3O3/c24-18(20-23-22-19(26-20)15-10-12-21-13-11-15)14-6-8-17(9-7-14)25-16-4-2-1-3-5-16/h1-13H. The maximum atomic E-state index is 12.5. The summed E-state index contributed by atoms with van der Waals surface area (Å²) in [6.45, 7) is 0. The molecule has 2 aromatic carbocycles. The molecule has 4 aromatic rings. The van der Waals surface area contributed by atoms with E-state index in [0.717, 1.165) is 5.75 Å². The Labute approximate surface area is 149 Å². The summed E-state index contributed by atoms with van der Waals surface area (Å²) >= 11 is 0. The van der Waals surface area contributed by atoms with E-state index in [9.17, 15) is 4.79 Å². The topological polar surface area (TPSA) is 78.1 Å². The summed E-state index contributed by atoms with van der Waals surface area (Å²) in [5.41, 5.74) is 1.15. The lowest BCUT2D eigenvalue weighted by atomic mass is 10.1. The Hall–Kier alpha value is -3.80. The van der Waals surface area contributed by atoms with Crippen molar-refractivity contribution >= 4 is 5.78 Å². The Morgan fingerprint density at radius 3 is 2.23 bits per heavy atom. The number of ketones is 1.